The van der Waals surface area contributed by atoms with Gasteiger partial charge in [-0.3, -0.25) is 9.59 Å². The Morgan fingerprint density at radius 1 is 1.04 bits per heavy atom. The molecule has 0 saturated carbocycles. The second-order valence-corrected chi connectivity index (χ2v) is 6.26. The van der Waals surface area contributed by atoms with Gasteiger partial charge in [0.1, 0.15) is 24.5 Å². The first-order valence-electron chi connectivity index (χ1n) is 8.53. The third-order valence-electron chi connectivity index (χ3n) is 4.18. The number of rotatable bonds is 12. The number of carboxylic acid groups (broad SMARTS) is 2. The Balaban J connectivity index is 2.57. The van der Waals surface area contributed by atoms with Gasteiger partial charge in [-0.1, -0.05) is 19.1 Å². The molecule has 0 aliphatic rings. The lowest BCUT2D eigenvalue weighted by molar-refractivity contribution is -0.143. The van der Waals surface area contributed by atoms with Gasteiger partial charge in [0, 0.05) is 0 Å². The van der Waals surface area contributed by atoms with Crippen LogP contribution < -0.4 is 10.5 Å². The van der Waals surface area contributed by atoms with Gasteiger partial charge in [-0.25, -0.2) is 0 Å². The second-order valence-electron chi connectivity index (χ2n) is 6.26. The summed E-state index contributed by atoms with van der Waals surface area (Å²) in [4.78, 5) is 22.1. The van der Waals surface area contributed by atoms with Crippen molar-refractivity contribution in [2.24, 2.45) is 11.7 Å². The van der Waals surface area contributed by atoms with Crippen molar-refractivity contribution in [3.8, 4) is 5.75 Å². The molecular weight excluding hydrogens is 342 g/mol. The highest BCUT2D eigenvalue weighted by Gasteiger charge is 2.21. The molecule has 0 aliphatic heterocycles. The lowest BCUT2D eigenvalue weighted by atomic mass is 9.93. The van der Waals surface area contributed by atoms with Crippen molar-refractivity contribution in [2.45, 2.75) is 50.9 Å². The van der Waals surface area contributed by atoms with Gasteiger partial charge in [0.25, 0.3) is 0 Å². The molecule has 1 aromatic rings. The number of carboxylic acids is 2. The van der Waals surface area contributed by atoms with Crippen molar-refractivity contribution in [1.29, 1.82) is 0 Å². The van der Waals surface area contributed by atoms with Crippen LogP contribution in [0.25, 0.3) is 0 Å². The minimum Gasteiger partial charge on any atom is -0.491 e. The van der Waals surface area contributed by atoms with Crippen LogP contribution in [0.5, 0.6) is 5.75 Å². The van der Waals surface area contributed by atoms with Gasteiger partial charge in [-0.2, -0.15) is 0 Å². The topological polar surface area (TPSA) is 150 Å². The zero-order chi connectivity index (χ0) is 19.7. The van der Waals surface area contributed by atoms with E-state index in [0.29, 0.717) is 12.2 Å². The molecule has 6 N–H and O–H groups in total. The Bertz CT molecular complexity index is 575. The summed E-state index contributed by atoms with van der Waals surface area (Å²) in [5, 5.41) is 37.2. The zero-order valence-electron chi connectivity index (χ0n) is 14.7. The molecule has 26 heavy (non-hydrogen) atoms. The Kier molecular flexibility index (Phi) is 9.04. The van der Waals surface area contributed by atoms with Gasteiger partial charge in [0.2, 0.25) is 0 Å². The number of hydrogen-bond acceptors (Lipinski definition) is 6. The molecule has 1 rings (SSSR count). The first-order valence-corrected chi connectivity index (χ1v) is 8.53. The van der Waals surface area contributed by atoms with Crippen molar-refractivity contribution >= 4 is 11.9 Å². The van der Waals surface area contributed by atoms with Crippen LogP contribution in [0.1, 0.15) is 31.7 Å². The highest BCUT2D eigenvalue weighted by Crippen LogP contribution is 2.19. The summed E-state index contributed by atoms with van der Waals surface area (Å²) in [5.41, 5.74) is 6.19. The molecule has 0 amide bonds. The number of nitrogens with two attached hydrogens (primary N) is 1. The van der Waals surface area contributed by atoms with Crippen LogP contribution in [-0.4, -0.2) is 57.2 Å². The maximum atomic E-state index is 11.4. The molecule has 1 unspecified atom stereocenters. The fraction of sp³-hybridized carbons (Fsp3) is 0.556. The smallest absolute Gasteiger partial charge is 0.320 e. The summed E-state index contributed by atoms with van der Waals surface area (Å²) < 4.78 is 5.40. The van der Waals surface area contributed by atoms with E-state index in [1.807, 2.05) is 0 Å². The lowest BCUT2D eigenvalue weighted by Gasteiger charge is -2.17. The average Bonchev–Trinajstić information content (AvgIpc) is 2.62. The molecule has 0 heterocycles. The van der Waals surface area contributed by atoms with E-state index >= 15 is 0 Å². The number of aliphatic carboxylic acids is 2. The van der Waals surface area contributed by atoms with Crippen molar-refractivity contribution in [3.05, 3.63) is 29.8 Å². The fourth-order valence-electron chi connectivity index (χ4n) is 2.39. The molecule has 1 aromatic carbocycles. The van der Waals surface area contributed by atoms with Crippen LogP contribution >= 0.6 is 0 Å². The number of carbonyl (C=O) groups is 2. The second kappa shape index (κ2) is 10.7. The Labute approximate surface area is 152 Å². The predicted octanol–water partition coefficient (Wildman–Crippen LogP) is 0.633. The zero-order valence-corrected chi connectivity index (χ0v) is 14.7. The first-order chi connectivity index (χ1) is 12.2. The highest BCUT2D eigenvalue weighted by molar-refractivity contribution is 5.73. The van der Waals surface area contributed by atoms with Crippen LogP contribution in [0.15, 0.2) is 24.3 Å². The quantitative estimate of drug-likeness (QED) is 0.360. The average molecular weight is 369 g/mol. The van der Waals surface area contributed by atoms with Gasteiger partial charge in [-0.05, 0) is 43.4 Å². The highest BCUT2D eigenvalue weighted by atomic mass is 16.5. The molecule has 146 valence electrons. The van der Waals surface area contributed by atoms with Crippen LogP contribution in [-0.2, 0) is 16.0 Å². The summed E-state index contributed by atoms with van der Waals surface area (Å²) in [5.74, 6) is -2.38. The van der Waals surface area contributed by atoms with Crippen LogP contribution in [0.3, 0.4) is 0 Å². The monoisotopic (exact) mass is 369 g/mol. The molecule has 0 bridgehead atoms. The summed E-state index contributed by atoms with van der Waals surface area (Å²) in [7, 11) is 0. The summed E-state index contributed by atoms with van der Waals surface area (Å²) in [6, 6.07) is 5.66. The maximum Gasteiger partial charge on any atom is 0.320 e. The van der Waals surface area contributed by atoms with E-state index in [2.05, 4.69) is 0 Å². The van der Waals surface area contributed by atoms with Crippen molar-refractivity contribution in [1.82, 2.24) is 0 Å². The molecule has 8 nitrogen and oxygen atoms in total. The van der Waals surface area contributed by atoms with E-state index in [0.717, 1.165) is 5.56 Å². The number of ether oxygens (including phenoxy) is 1. The van der Waals surface area contributed by atoms with E-state index in [9.17, 15) is 24.9 Å². The normalized spacial score (nSPS) is 15.7. The standard InChI is InChI=1S/C18H27NO7/c1-2-15(20)16(21)10-26-13-6-3-11(4-7-13)9-12(17(22)23)5-8-14(19)18(24)25/h3-4,6-7,12,14-16,20-21H,2,5,8-10,19H2,1H3,(H,22,23)(H,24,25)/t12?,14-,15-,16-/m0/s1. The minimum atomic E-state index is -1.15. The van der Waals surface area contributed by atoms with E-state index in [4.69, 9.17) is 15.6 Å². The lowest BCUT2D eigenvalue weighted by Crippen LogP contribution is -2.31. The van der Waals surface area contributed by atoms with E-state index < -0.39 is 36.1 Å². The van der Waals surface area contributed by atoms with Crippen molar-refractivity contribution in [2.75, 3.05) is 6.61 Å². The molecule has 0 aromatic heterocycles. The summed E-state index contributed by atoms with van der Waals surface area (Å²) in [6.07, 6.45) is -0.893. The molecular formula is C18H27NO7. The molecule has 0 radical (unpaired) electrons. The third-order valence-corrected chi connectivity index (χ3v) is 4.18. The van der Waals surface area contributed by atoms with Gasteiger partial charge in [0.05, 0.1) is 12.0 Å². The minimum absolute atomic E-state index is 0.0425. The number of hydrogen-bond donors (Lipinski definition) is 5. The Hall–Kier alpha value is -2.16. The molecule has 0 aliphatic carbocycles. The number of aliphatic hydroxyl groups excluding tert-OH is 2. The van der Waals surface area contributed by atoms with Crippen molar-refractivity contribution < 1.29 is 34.8 Å². The van der Waals surface area contributed by atoms with Gasteiger partial charge < -0.3 is 30.9 Å². The molecule has 0 spiro atoms. The SMILES string of the molecule is CC[C@H](O)[C@@H](O)COc1ccc(CC(CC[C@H](N)C(=O)O)C(=O)O)cc1. The Morgan fingerprint density at radius 2 is 1.65 bits per heavy atom. The van der Waals surface area contributed by atoms with E-state index in [1.165, 1.54) is 0 Å². The van der Waals surface area contributed by atoms with Crippen molar-refractivity contribution in [3.63, 3.8) is 0 Å². The largest absolute Gasteiger partial charge is 0.491 e. The van der Waals surface area contributed by atoms with Crippen LogP contribution in [0.2, 0.25) is 0 Å². The Morgan fingerprint density at radius 3 is 2.15 bits per heavy atom. The first kappa shape index (κ1) is 21.9. The van der Waals surface area contributed by atoms with Gasteiger partial charge in [0.15, 0.2) is 0 Å². The molecule has 4 atom stereocenters. The molecule has 8 heteroatoms. The molecule has 0 fully saturated rings. The predicted molar refractivity (Wildman–Crippen MR) is 93.9 cm³/mol. The third kappa shape index (κ3) is 7.38. The maximum absolute atomic E-state index is 11.4. The van der Waals surface area contributed by atoms with Crippen LogP contribution in [0.4, 0.5) is 0 Å². The summed E-state index contributed by atoms with van der Waals surface area (Å²) >= 11 is 0. The van der Waals surface area contributed by atoms with Crippen LogP contribution in [0, 0.1) is 5.92 Å². The van der Waals surface area contributed by atoms with Gasteiger partial charge >= 0.3 is 11.9 Å². The summed E-state index contributed by atoms with van der Waals surface area (Å²) in [6.45, 7) is 1.71. The number of benzene rings is 1. The molecule has 0 saturated heterocycles. The van der Waals surface area contributed by atoms with E-state index in [1.54, 1.807) is 31.2 Å². The van der Waals surface area contributed by atoms with Gasteiger partial charge in [-0.15, -0.1) is 0 Å². The van der Waals surface area contributed by atoms with E-state index in [-0.39, 0.29) is 25.9 Å². The number of aliphatic hydroxyl groups is 2. The fourth-order valence-corrected chi connectivity index (χ4v) is 2.39.